The topological polar surface area (TPSA) is 47.7 Å². The van der Waals surface area contributed by atoms with E-state index < -0.39 is 0 Å². The average molecular weight is 252 g/mol. The highest BCUT2D eigenvalue weighted by molar-refractivity contribution is 5.47. The van der Waals surface area contributed by atoms with E-state index in [0.717, 1.165) is 44.3 Å². The highest BCUT2D eigenvalue weighted by Crippen LogP contribution is 2.19. The highest BCUT2D eigenvalue weighted by atomic mass is 16.5. The van der Waals surface area contributed by atoms with Crippen LogP contribution in [0.15, 0.2) is 18.2 Å². The minimum Gasteiger partial charge on any atom is -0.497 e. The molecule has 0 aliphatic rings. The number of likely N-dealkylation sites (N-methyl/N-ethyl adjacent to an activating group) is 1. The zero-order valence-corrected chi connectivity index (χ0v) is 11.6. The van der Waals surface area contributed by atoms with Gasteiger partial charge in [-0.1, -0.05) is 6.92 Å². The summed E-state index contributed by atoms with van der Waals surface area (Å²) < 4.78 is 10.6. The van der Waals surface area contributed by atoms with Crippen molar-refractivity contribution in [3.8, 4) is 5.75 Å². The van der Waals surface area contributed by atoms with Gasteiger partial charge in [0.25, 0.3) is 0 Å². The van der Waals surface area contributed by atoms with Crippen LogP contribution in [0, 0.1) is 0 Å². The number of hydrogen-bond donors (Lipinski definition) is 1. The van der Waals surface area contributed by atoms with Gasteiger partial charge in [0, 0.05) is 31.5 Å². The van der Waals surface area contributed by atoms with Crippen LogP contribution in [-0.4, -0.2) is 38.3 Å². The van der Waals surface area contributed by atoms with E-state index in [1.165, 1.54) is 5.56 Å². The van der Waals surface area contributed by atoms with Gasteiger partial charge in [0.2, 0.25) is 0 Å². The molecule has 0 aliphatic carbocycles. The van der Waals surface area contributed by atoms with Gasteiger partial charge in [0.1, 0.15) is 5.75 Å². The lowest BCUT2D eigenvalue weighted by Gasteiger charge is -2.20. The Morgan fingerprint density at radius 2 is 2.00 bits per heavy atom. The molecule has 1 rings (SSSR count). The fourth-order valence-corrected chi connectivity index (χ4v) is 1.84. The van der Waals surface area contributed by atoms with Crippen LogP contribution in [0.4, 0.5) is 5.69 Å². The molecule has 0 amide bonds. The van der Waals surface area contributed by atoms with Crippen LogP contribution in [0.2, 0.25) is 0 Å². The standard InChI is InChI=1S/C14H24N2O2/c1-4-16(6-7-18-5-2)11-12-8-13(15)10-14(9-12)17-3/h8-10H,4-7,11,15H2,1-3H3. The summed E-state index contributed by atoms with van der Waals surface area (Å²) in [5, 5.41) is 0. The predicted octanol–water partition coefficient (Wildman–Crippen LogP) is 2.14. The zero-order chi connectivity index (χ0) is 13.4. The molecule has 2 N–H and O–H groups in total. The number of nitrogens with zero attached hydrogens (tertiary/aromatic N) is 1. The van der Waals surface area contributed by atoms with Gasteiger partial charge in [0.05, 0.1) is 13.7 Å². The molecule has 0 saturated carbocycles. The Morgan fingerprint density at radius 1 is 1.22 bits per heavy atom. The molecule has 0 saturated heterocycles. The predicted molar refractivity (Wildman–Crippen MR) is 74.9 cm³/mol. The third kappa shape index (κ3) is 4.94. The lowest BCUT2D eigenvalue weighted by molar-refractivity contribution is 0.113. The summed E-state index contributed by atoms with van der Waals surface area (Å²) in [6.07, 6.45) is 0. The number of ether oxygens (including phenoxy) is 2. The second-order valence-electron chi connectivity index (χ2n) is 4.18. The smallest absolute Gasteiger partial charge is 0.121 e. The molecular weight excluding hydrogens is 228 g/mol. The van der Waals surface area contributed by atoms with Gasteiger partial charge in [-0.3, -0.25) is 4.90 Å². The number of nitrogen functional groups attached to an aromatic ring is 1. The van der Waals surface area contributed by atoms with E-state index in [2.05, 4.69) is 11.8 Å². The van der Waals surface area contributed by atoms with E-state index in [4.69, 9.17) is 15.2 Å². The Labute approximate surface area is 110 Å². The molecule has 0 spiro atoms. The van der Waals surface area contributed by atoms with Gasteiger partial charge in [-0.15, -0.1) is 0 Å². The number of methoxy groups -OCH3 is 1. The largest absolute Gasteiger partial charge is 0.497 e. The molecule has 1 aromatic carbocycles. The first-order valence-corrected chi connectivity index (χ1v) is 6.43. The van der Waals surface area contributed by atoms with Crippen LogP contribution in [0.3, 0.4) is 0 Å². The number of hydrogen-bond acceptors (Lipinski definition) is 4. The summed E-state index contributed by atoms with van der Waals surface area (Å²) in [5.41, 5.74) is 7.76. The van der Waals surface area contributed by atoms with E-state index in [0.29, 0.717) is 0 Å². The summed E-state index contributed by atoms with van der Waals surface area (Å²) in [6.45, 7) is 8.48. The van der Waals surface area contributed by atoms with E-state index in [1.54, 1.807) is 7.11 Å². The molecule has 0 aromatic heterocycles. The average Bonchev–Trinajstić information content (AvgIpc) is 2.37. The van der Waals surface area contributed by atoms with Crippen LogP contribution < -0.4 is 10.5 Å². The molecule has 4 nitrogen and oxygen atoms in total. The molecule has 0 radical (unpaired) electrons. The molecule has 0 bridgehead atoms. The minimum atomic E-state index is 0.741. The SMILES string of the molecule is CCOCCN(CC)Cc1cc(N)cc(OC)c1. The van der Waals surface area contributed by atoms with Crippen LogP contribution in [-0.2, 0) is 11.3 Å². The van der Waals surface area contributed by atoms with Crippen LogP contribution in [0.25, 0.3) is 0 Å². The van der Waals surface area contributed by atoms with E-state index in [9.17, 15) is 0 Å². The van der Waals surface area contributed by atoms with Crippen LogP contribution >= 0.6 is 0 Å². The fraction of sp³-hybridized carbons (Fsp3) is 0.571. The lowest BCUT2D eigenvalue weighted by atomic mass is 10.1. The van der Waals surface area contributed by atoms with Crippen molar-refractivity contribution in [1.82, 2.24) is 4.90 Å². The van der Waals surface area contributed by atoms with E-state index >= 15 is 0 Å². The van der Waals surface area contributed by atoms with E-state index in [1.807, 2.05) is 25.1 Å². The number of rotatable bonds is 8. The minimum absolute atomic E-state index is 0.741. The normalized spacial score (nSPS) is 10.9. The Morgan fingerprint density at radius 3 is 2.61 bits per heavy atom. The van der Waals surface area contributed by atoms with Crippen molar-refractivity contribution in [2.24, 2.45) is 0 Å². The van der Waals surface area contributed by atoms with Crippen molar-refractivity contribution in [2.75, 3.05) is 39.1 Å². The highest BCUT2D eigenvalue weighted by Gasteiger charge is 2.05. The number of nitrogens with two attached hydrogens (primary N) is 1. The Balaban J connectivity index is 2.60. The maximum atomic E-state index is 5.85. The van der Waals surface area contributed by atoms with Crippen molar-refractivity contribution >= 4 is 5.69 Å². The van der Waals surface area contributed by atoms with Crippen molar-refractivity contribution in [2.45, 2.75) is 20.4 Å². The molecule has 0 unspecified atom stereocenters. The molecule has 0 aliphatic heterocycles. The maximum absolute atomic E-state index is 5.85. The van der Waals surface area contributed by atoms with Crippen LogP contribution in [0.1, 0.15) is 19.4 Å². The molecule has 0 fully saturated rings. The third-order valence-corrected chi connectivity index (χ3v) is 2.83. The summed E-state index contributed by atoms with van der Waals surface area (Å²) in [6, 6.07) is 5.85. The van der Waals surface area contributed by atoms with Gasteiger partial charge in [0.15, 0.2) is 0 Å². The molecular formula is C14H24N2O2. The first-order valence-electron chi connectivity index (χ1n) is 6.43. The summed E-state index contributed by atoms with van der Waals surface area (Å²) >= 11 is 0. The van der Waals surface area contributed by atoms with E-state index in [-0.39, 0.29) is 0 Å². The fourth-order valence-electron chi connectivity index (χ4n) is 1.84. The first kappa shape index (κ1) is 14.8. The first-order chi connectivity index (χ1) is 8.69. The third-order valence-electron chi connectivity index (χ3n) is 2.83. The summed E-state index contributed by atoms with van der Waals surface area (Å²) in [4.78, 5) is 2.32. The molecule has 0 heterocycles. The van der Waals surface area contributed by atoms with Gasteiger partial charge in [-0.2, -0.15) is 0 Å². The second-order valence-corrected chi connectivity index (χ2v) is 4.18. The number of anilines is 1. The monoisotopic (exact) mass is 252 g/mol. The second kappa shape index (κ2) is 7.95. The van der Waals surface area contributed by atoms with Crippen molar-refractivity contribution in [3.63, 3.8) is 0 Å². The van der Waals surface area contributed by atoms with Gasteiger partial charge < -0.3 is 15.2 Å². The molecule has 4 heteroatoms. The lowest BCUT2D eigenvalue weighted by Crippen LogP contribution is -2.27. The summed E-state index contributed by atoms with van der Waals surface area (Å²) in [5.74, 6) is 0.811. The zero-order valence-electron chi connectivity index (χ0n) is 11.6. The van der Waals surface area contributed by atoms with Crippen molar-refractivity contribution in [3.05, 3.63) is 23.8 Å². The van der Waals surface area contributed by atoms with Crippen LogP contribution in [0.5, 0.6) is 5.75 Å². The van der Waals surface area contributed by atoms with Crippen molar-refractivity contribution < 1.29 is 9.47 Å². The number of benzene rings is 1. The van der Waals surface area contributed by atoms with Gasteiger partial charge >= 0.3 is 0 Å². The Kier molecular flexibility index (Phi) is 6.54. The van der Waals surface area contributed by atoms with Crippen molar-refractivity contribution in [1.29, 1.82) is 0 Å². The quantitative estimate of drug-likeness (QED) is 0.569. The maximum Gasteiger partial charge on any atom is 0.121 e. The molecule has 0 atom stereocenters. The Hall–Kier alpha value is -1.26. The molecule has 1 aromatic rings. The Bertz CT molecular complexity index is 356. The molecule has 102 valence electrons. The van der Waals surface area contributed by atoms with Gasteiger partial charge in [-0.05, 0) is 31.2 Å². The summed E-state index contributed by atoms with van der Waals surface area (Å²) in [7, 11) is 1.66. The van der Waals surface area contributed by atoms with Gasteiger partial charge in [-0.25, -0.2) is 0 Å². The molecule has 18 heavy (non-hydrogen) atoms.